The number of carbonyl (C=O) groups excluding carboxylic acids is 1. The van der Waals surface area contributed by atoms with Crippen molar-refractivity contribution in [3.05, 3.63) is 67.5 Å². The van der Waals surface area contributed by atoms with E-state index in [0.29, 0.717) is 5.69 Å². The highest BCUT2D eigenvalue weighted by Crippen LogP contribution is 2.39. The van der Waals surface area contributed by atoms with Crippen molar-refractivity contribution in [3.63, 3.8) is 0 Å². The van der Waals surface area contributed by atoms with Gasteiger partial charge in [-0.1, -0.05) is 18.6 Å². The Morgan fingerprint density at radius 2 is 1.79 bits per heavy atom. The summed E-state index contributed by atoms with van der Waals surface area (Å²) in [6, 6.07) is 4.91. The first-order valence-corrected chi connectivity index (χ1v) is 9.33. The number of aromatic amines is 2. The van der Waals surface area contributed by atoms with E-state index in [1.807, 2.05) is 0 Å². The number of nitrogens with zero attached hydrogens (tertiary/aromatic N) is 1. The molecule has 1 aliphatic rings. The van der Waals surface area contributed by atoms with Crippen LogP contribution in [0.25, 0.3) is 0 Å². The van der Waals surface area contributed by atoms with Gasteiger partial charge in [-0.2, -0.15) is 13.2 Å². The van der Waals surface area contributed by atoms with E-state index in [9.17, 15) is 27.6 Å². The van der Waals surface area contributed by atoms with Crippen molar-refractivity contribution in [2.45, 2.75) is 50.7 Å². The topological polar surface area (TPSA) is 86.0 Å². The number of rotatable bonds is 4. The number of nitrogens with one attached hydrogen (secondary N) is 2. The van der Waals surface area contributed by atoms with Gasteiger partial charge in [0.1, 0.15) is 0 Å². The highest BCUT2D eigenvalue weighted by atomic mass is 19.4. The number of carbonyl (C=O) groups is 1. The summed E-state index contributed by atoms with van der Waals surface area (Å²) in [4.78, 5) is 42.2. The Hall–Kier alpha value is -2.84. The van der Waals surface area contributed by atoms with Gasteiger partial charge in [0.15, 0.2) is 0 Å². The summed E-state index contributed by atoms with van der Waals surface area (Å²) in [5.74, 6) is -0.351. The summed E-state index contributed by atoms with van der Waals surface area (Å²) in [5.41, 5.74) is -0.628. The maximum atomic E-state index is 12.8. The van der Waals surface area contributed by atoms with Gasteiger partial charge in [-0.3, -0.25) is 14.6 Å². The Labute approximate surface area is 164 Å². The molecular weight excluding hydrogens is 387 g/mol. The van der Waals surface area contributed by atoms with Crippen LogP contribution in [0.2, 0.25) is 0 Å². The third-order valence-corrected chi connectivity index (χ3v) is 5.62. The molecule has 9 heteroatoms. The minimum atomic E-state index is -4.39. The van der Waals surface area contributed by atoms with Crippen molar-refractivity contribution in [2.75, 3.05) is 7.05 Å². The number of hydrogen-bond acceptors (Lipinski definition) is 3. The number of alkyl halides is 3. The third-order valence-electron chi connectivity index (χ3n) is 5.62. The van der Waals surface area contributed by atoms with Crippen molar-refractivity contribution in [1.29, 1.82) is 0 Å². The smallest absolute Gasteiger partial charge is 0.342 e. The van der Waals surface area contributed by atoms with Crippen molar-refractivity contribution in [2.24, 2.45) is 0 Å². The van der Waals surface area contributed by atoms with Crippen LogP contribution in [0.4, 0.5) is 13.2 Å². The normalized spacial score (nSPS) is 19.3. The number of H-pyrrole nitrogens is 2. The molecule has 1 aromatic heterocycles. The number of hydrogen-bond donors (Lipinski definition) is 2. The summed E-state index contributed by atoms with van der Waals surface area (Å²) >= 11 is 0. The standard InChI is InChI=1S/C20H22F3N3O3/c1-11-15(18(28)25-19(29)24-11)10-17(27)26(2)16-5-3-4-14(16)12-6-8-13(9-7-12)20(21,22)23/h6-9,14,16H,3-5,10H2,1-2H3,(H2,24,25,28,29). The molecule has 29 heavy (non-hydrogen) atoms. The fraction of sp³-hybridized carbons (Fsp3) is 0.450. The first-order chi connectivity index (χ1) is 13.6. The quantitative estimate of drug-likeness (QED) is 0.814. The van der Waals surface area contributed by atoms with Gasteiger partial charge in [0.05, 0.1) is 12.0 Å². The molecule has 2 aromatic rings. The van der Waals surface area contributed by atoms with E-state index < -0.39 is 23.0 Å². The highest BCUT2D eigenvalue weighted by molar-refractivity contribution is 5.79. The molecule has 0 radical (unpaired) electrons. The number of benzene rings is 1. The van der Waals surface area contributed by atoms with Gasteiger partial charge in [0.2, 0.25) is 5.91 Å². The van der Waals surface area contributed by atoms with Gasteiger partial charge in [-0.15, -0.1) is 0 Å². The maximum absolute atomic E-state index is 12.8. The Kier molecular flexibility index (Phi) is 5.68. The highest BCUT2D eigenvalue weighted by Gasteiger charge is 2.35. The lowest BCUT2D eigenvalue weighted by Crippen LogP contribution is -2.40. The van der Waals surface area contributed by atoms with Crippen LogP contribution in [0.3, 0.4) is 0 Å². The Morgan fingerprint density at radius 1 is 1.14 bits per heavy atom. The number of amides is 1. The predicted molar refractivity (Wildman–Crippen MR) is 101 cm³/mol. The zero-order valence-corrected chi connectivity index (χ0v) is 16.1. The molecule has 1 aromatic carbocycles. The second-order valence-electron chi connectivity index (χ2n) is 7.42. The van der Waals surface area contributed by atoms with Crippen LogP contribution in [-0.4, -0.2) is 33.9 Å². The lowest BCUT2D eigenvalue weighted by Gasteiger charge is -2.30. The lowest BCUT2D eigenvalue weighted by molar-refractivity contribution is -0.137. The van der Waals surface area contributed by atoms with E-state index in [0.717, 1.165) is 37.0 Å². The molecule has 2 atom stereocenters. The van der Waals surface area contributed by atoms with Crippen molar-refractivity contribution in [3.8, 4) is 0 Å². The molecule has 6 nitrogen and oxygen atoms in total. The fourth-order valence-electron chi connectivity index (χ4n) is 4.01. The zero-order chi connectivity index (χ0) is 21.3. The van der Waals surface area contributed by atoms with E-state index in [1.54, 1.807) is 18.9 Å². The largest absolute Gasteiger partial charge is 0.416 e. The van der Waals surface area contributed by atoms with Crippen LogP contribution < -0.4 is 11.2 Å². The first-order valence-electron chi connectivity index (χ1n) is 9.33. The van der Waals surface area contributed by atoms with Crippen molar-refractivity contribution in [1.82, 2.24) is 14.9 Å². The molecule has 0 saturated heterocycles. The van der Waals surface area contributed by atoms with Crippen LogP contribution in [0, 0.1) is 6.92 Å². The van der Waals surface area contributed by atoms with E-state index >= 15 is 0 Å². The maximum Gasteiger partial charge on any atom is 0.416 e. The fourth-order valence-corrected chi connectivity index (χ4v) is 4.01. The summed E-state index contributed by atoms with van der Waals surface area (Å²) in [6.45, 7) is 1.56. The van der Waals surface area contributed by atoms with Gasteiger partial charge in [-0.05, 0) is 37.5 Å². The van der Waals surface area contributed by atoms with E-state index in [4.69, 9.17) is 0 Å². The second kappa shape index (κ2) is 7.88. The van der Waals surface area contributed by atoms with Gasteiger partial charge in [-0.25, -0.2) is 4.79 Å². The molecule has 2 N–H and O–H groups in total. The summed E-state index contributed by atoms with van der Waals surface area (Å²) in [5, 5.41) is 0. The van der Waals surface area contributed by atoms with Crippen LogP contribution in [-0.2, 0) is 17.4 Å². The van der Waals surface area contributed by atoms with Gasteiger partial charge in [0.25, 0.3) is 5.56 Å². The van der Waals surface area contributed by atoms with Gasteiger partial charge in [0, 0.05) is 30.3 Å². The van der Waals surface area contributed by atoms with Gasteiger partial charge < -0.3 is 9.88 Å². The molecule has 1 saturated carbocycles. The average molecular weight is 409 g/mol. The van der Waals surface area contributed by atoms with E-state index in [2.05, 4.69) is 9.97 Å². The number of aromatic nitrogens is 2. The first kappa shape index (κ1) is 20.9. The zero-order valence-electron chi connectivity index (χ0n) is 16.1. The average Bonchev–Trinajstić information content (AvgIpc) is 3.13. The van der Waals surface area contributed by atoms with E-state index in [-0.39, 0.29) is 29.9 Å². The molecule has 0 spiro atoms. The van der Waals surface area contributed by atoms with Crippen molar-refractivity contribution >= 4 is 5.91 Å². The minimum absolute atomic E-state index is 0.0683. The molecule has 2 unspecified atom stereocenters. The molecule has 1 fully saturated rings. The third kappa shape index (κ3) is 4.44. The molecule has 0 bridgehead atoms. The Morgan fingerprint density at radius 3 is 2.38 bits per heavy atom. The predicted octanol–water partition coefficient (Wildman–Crippen LogP) is 2.73. The minimum Gasteiger partial charge on any atom is -0.342 e. The van der Waals surface area contributed by atoms with E-state index in [1.165, 1.54) is 12.1 Å². The summed E-state index contributed by atoms with van der Waals surface area (Å²) in [6.07, 6.45) is -2.19. The molecule has 1 aliphatic carbocycles. The number of halogens is 3. The lowest BCUT2D eigenvalue weighted by atomic mass is 9.92. The van der Waals surface area contributed by atoms with Crippen LogP contribution in [0.1, 0.15) is 47.6 Å². The number of aryl methyl sites for hydroxylation is 1. The van der Waals surface area contributed by atoms with Crippen LogP contribution in [0.15, 0.2) is 33.9 Å². The van der Waals surface area contributed by atoms with Crippen molar-refractivity contribution < 1.29 is 18.0 Å². The molecule has 0 aliphatic heterocycles. The summed E-state index contributed by atoms with van der Waals surface area (Å²) < 4.78 is 38.4. The molecule has 1 heterocycles. The second-order valence-corrected chi connectivity index (χ2v) is 7.42. The molecule has 3 rings (SSSR count). The monoisotopic (exact) mass is 409 g/mol. The summed E-state index contributed by atoms with van der Waals surface area (Å²) in [7, 11) is 1.64. The van der Waals surface area contributed by atoms with Crippen LogP contribution >= 0.6 is 0 Å². The molecule has 1 amide bonds. The Balaban J connectivity index is 1.78. The SMILES string of the molecule is Cc1[nH]c(=O)[nH]c(=O)c1CC(=O)N(C)C1CCCC1c1ccc(C(F)(F)F)cc1. The van der Waals surface area contributed by atoms with Crippen LogP contribution in [0.5, 0.6) is 0 Å². The number of likely N-dealkylation sites (N-methyl/N-ethyl adjacent to an activating group) is 1. The van der Waals surface area contributed by atoms with Gasteiger partial charge >= 0.3 is 11.9 Å². The molecular formula is C20H22F3N3O3. The Bertz CT molecular complexity index is 1010. The molecule has 156 valence electrons.